The van der Waals surface area contributed by atoms with E-state index in [1.807, 2.05) is 0 Å². The zero-order chi connectivity index (χ0) is 25.0. The molecule has 35 heavy (non-hydrogen) atoms. The third-order valence-corrected chi connectivity index (χ3v) is 6.56. The van der Waals surface area contributed by atoms with E-state index in [2.05, 4.69) is 21.9 Å². The Morgan fingerprint density at radius 2 is 2.00 bits per heavy atom. The van der Waals surface area contributed by atoms with Crippen molar-refractivity contribution in [1.29, 1.82) is 0 Å². The molecule has 2 atom stereocenters. The van der Waals surface area contributed by atoms with Gasteiger partial charge in [0.2, 0.25) is 5.91 Å². The van der Waals surface area contributed by atoms with Gasteiger partial charge < -0.3 is 26.0 Å². The summed E-state index contributed by atoms with van der Waals surface area (Å²) in [4.78, 5) is 29.6. The summed E-state index contributed by atoms with van der Waals surface area (Å²) in [6.45, 7) is 1.35. The van der Waals surface area contributed by atoms with Crippen molar-refractivity contribution in [3.63, 3.8) is 0 Å². The molecule has 1 saturated heterocycles. The summed E-state index contributed by atoms with van der Waals surface area (Å²) >= 11 is 0. The lowest BCUT2D eigenvalue weighted by Crippen LogP contribution is -2.36. The van der Waals surface area contributed by atoms with E-state index in [0.717, 1.165) is 12.8 Å². The van der Waals surface area contributed by atoms with E-state index in [0.29, 0.717) is 11.9 Å². The van der Waals surface area contributed by atoms with Crippen LogP contribution in [0.5, 0.6) is 0 Å². The number of hydrogen-bond acceptors (Lipinski definition) is 6. The SMILES string of the molecule is CC(=O)N1C[C@@H](n2nc(C#Cc3c(F)cc4c(ncn4C4CC4)c3F)c(C(N)=O)c2N)C[C@@H]1CO. The maximum Gasteiger partial charge on any atom is 0.255 e. The number of hydrogen-bond donors (Lipinski definition) is 3. The van der Waals surface area contributed by atoms with Crippen LogP contribution < -0.4 is 11.5 Å². The fourth-order valence-corrected chi connectivity index (χ4v) is 4.66. The zero-order valence-corrected chi connectivity index (χ0v) is 18.8. The number of aliphatic hydroxyl groups is 1. The van der Waals surface area contributed by atoms with E-state index in [9.17, 15) is 19.1 Å². The maximum absolute atomic E-state index is 15.1. The Kier molecular flexibility index (Phi) is 5.44. The van der Waals surface area contributed by atoms with Gasteiger partial charge in [0.15, 0.2) is 11.5 Å². The average Bonchev–Trinajstić information content (AvgIpc) is 3.26. The molecule has 2 amide bonds. The summed E-state index contributed by atoms with van der Waals surface area (Å²) in [5.74, 6) is 1.99. The second-order valence-corrected chi connectivity index (χ2v) is 8.86. The van der Waals surface area contributed by atoms with Crippen molar-refractivity contribution in [2.24, 2.45) is 5.73 Å². The molecule has 3 heterocycles. The van der Waals surface area contributed by atoms with Crippen LogP contribution >= 0.6 is 0 Å². The highest BCUT2D eigenvalue weighted by Gasteiger charge is 2.36. The highest BCUT2D eigenvalue weighted by molar-refractivity contribution is 5.99. The molecule has 1 aliphatic heterocycles. The molecular formula is C23H23F2N7O3. The number of nitrogen functional groups attached to an aromatic ring is 1. The number of fused-ring (bicyclic) bond motifs is 1. The summed E-state index contributed by atoms with van der Waals surface area (Å²) < 4.78 is 33.0. The summed E-state index contributed by atoms with van der Waals surface area (Å²) in [6.07, 6.45) is 3.69. The molecule has 0 radical (unpaired) electrons. The smallest absolute Gasteiger partial charge is 0.255 e. The number of aromatic nitrogens is 4. The van der Waals surface area contributed by atoms with Crippen molar-refractivity contribution < 1.29 is 23.5 Å². The first-order chi connectivity index (χ1) is 16.7. The van der Waals surface area contributed by atoms with Crippen molar-refractivity contribution in [2.45, 2.75) is 44.3 Å². The van der Waals surface area contributed by atoms with E-state index in [-0.39, 0.29) is 47.7 Å². The fraction of sp³-hybridized carbons (Fsp3) is 0.391. The molecule has 5 rings (SSSR count). The van der Waals surface area contributed by atoms with Gasteiger partial charge in [-0.3, -0.25) is 9.59 Å². The molecule has 2 aromatic heterocycles. The molecule has 0 unspecified atom stereocenters. The predicted molar refractivity (Wildman–Crippen MR) is 121 cm³/mol. The molecule has 5 N–H and O–H groups in total. The Morgan fingerprint density at radius 1 is 1.26 bits per heavy atom. The number of nitrogens with two attached hydrogens (primary N) is 2. The average molecular weight is 483 g/mol. The largest absolute Gasteiger partial charge is 0.394 e. The van der Waals surface area contributed by atoms with Gasteiger partial charge in [-0.1, -0.05) is 5.92 Å². The van der Waals surface area contributed by atoms with Gasteiger partial charge in [0.25, 0.3) is 5.91 Å². The lowest BCUT2D eigenvalue weighted by Gasteiger charge is -2.20. The topological polar surface area (TPSA) is 145 Å². The molecule has 2 fully saturated rings. The number of primary amides is 1. The van der Waals surface area contributed by atoms with Crippen LogP contribution in [0.15, 0.2) is 12.4 Å². The summed E-state index contributed by atoms with van der Waals surface area (Å²) in [7, 11) is 0. The molecule has 0 spiro atoms. The number of carbonyl (C=O) groups excluding carboxylic acids is 2. The van der Waals surface area contributed by atoms with Gasteiger partial charge in [-0.15, -0.1) is 0 Å². The third kappa shape index (κ3) is 3.77. The van der Waals surface area contributed by atoms with E-state index in [4.69, 9.17) is 11.5 Å². The quantitative estimate of drug-likeness (QED) is 0.474. The summed E-state index contributed by atoms with van der Waals surface area (Å²) in [5.41, 5.74) is 11.2. The standard InChI is InChI=1S/C23H23F2N7O3/c1-11(34)30-8-13(6-14(30)9-33)32-22(26)19(23(27)35)17(29-32)5-4-15-16(24)7-18-21(20(15)25)28-10-31(18)12-2-3-12/h7,10,12-14,33H,2-3,6,8-9,26H2,1H3,(H2,27,35)/t13-,14+/m0/s1. The van der Waals surface area contributed by atoms with E-state index in [1.165, 1.54) is 28.9 Å². The predicted octanol–water partition coefficient (Wildman–Crippen LogP) is 1.08. The Bertz CT molecular complexity index is 1430. The minimum atomic E-state index is -0.905. The number of halogens is 2. The first-order valence-electron chi connectivity index (χ1n) is 11.1. The second-order valence-electron chi connectivity index (χ2n) is 8.86. The fourth-order valence-electron chi connectivity index (χ4n) is 4.66. The van der Waals surface area contributed by atoms with Crippen LogP contribution in [-0.2, 0) is 4.79 Å². The lowest BCUT2D eigenvalue weighted by molar-refractivity contribution is -0.130. The minimum Gasteiger partial charge on any atom is -0.394 e. The van der Waals surface area contributed by atoms with Gasteiger partial charge in [0, 0.05) is 25.6 Å². The minimum absolute atomic E-state index is 0.00749. The molecular weight excluding hydrogens is 460 g/mol. The molecule has 182 valence electrons. The van der Waals surface area contributed by atoms with Crippen molar-refractivity contribution in [3.8, 4) is 11.8 Å². The molecule has 1 aliphatic carbocycles. The van der Waals surface area contributed by atoms with Crippen molar-refractivity contribution in [3.05, 3.63) is 40.8 Å². The lowest BCUT2D eigenvalue weighted by atomic mass is 10.1. The molecule has 1 aromatic carbocycles. The van der Waals surface area contributed by atoms with E-state index >= 15 is 4.39 Å². The van der Waals surface area contributed by atoms with Crippen LogP contribution in [0.3, 0.4) is 0 Å². The van der Waals surface area contributed by atoms with Crippen LogP contribution in [0.1, 0.15) is 59.9 Å². The summed E-state index contributed by atoms with van der Waals surface area (Å²) in [5, 5.41) is 13.9. The Labute approximate surface area is 198 Å². The van der Waals surface area contributed by atoms with Gasteiger partial charge >= 0.3 is 0 Å². The van der Waals surface area contributed by atoms with Crippen LogP contribution in [-0.4, -0.2) is 60.3 Å². The van der Waals surface area contributed by atoms with E-state index < -0.39 is 35.2 Å². The van der Waals surface area contributed by atoms with Gasteiger partial charge in [-0.25, -0.2) is 18.4 Å². The maximum atomic E-state index is 15.1. The van der Waals surface area contributed by atoms with E-state index in [1.54, 1.807) is 4.57 Å². The molecule has 10 nitrogen and oxygen atoms in total. The third-order valence-electron chi connectivity index (χ3n) is 6.56. The highest BCUT2D eigenvalue weighted by Crippen LogP contribution is 2.38. The number of amides is 2. The number of anilines is 1. The van der Waals surface area contributed by atoms with Crippen molar-refractivity contribution in [2.75, 3.05) is 18.9 Å². The number of carbonyl (C=O) groups is 2. The molecule has 2 aliphatic rings. The van der Waals surface area contributed by atoms with Crippen LogP contribution in [0.4, 0.5) is 14.6 Å². The number of rotatable bonds is 4. The number of imidazole rings is 1. The van der Waals surface area contributed by atoms with Gasteiger partial charge in [0.1, 0.15) is 22.7 Å². The summed E-state index contributed by atoms with van der Waals surface area (Å²) in [6, 6.07) is 0.513. The Hall–Kier alpha value is -3.98. The number of likely N-dealkylation sites (tertiary alicyclic amines) is 1. The van der Waals surface area contributed by atoms with Crippen LogP contribution in [0.2, 0.25) is 0 Å². The van der Waals surface area contributed by atoms with Crippen LogP contribution in [0, 0.1) is 23.5 Å². The van der Waals surface area contributed by atoms with Gasteiger partial charge in [-0.05, 0) is 25.2 Å². The van der Waals surface area contributed by atoms with Crippen molar-refractivity contribution in [1.82, 2.24) is 24.2 Å². The second kappa shape index (κ2) is 8.35. The highest BCUT2D eigenvalue weighted by atomic mass is 19.1. The van der Waals surface area contributed by atoms with Crippen molar-refractivity contribution >= 4 is 28.7 Å². The zero-order valence-electron chi connectivity index (χ0n) is 18.8. The first kappa shape index (κ1) is 22.8. The number of aliphatic hydroxyl groups excluding tert-OH is 1. The molecule has 12 heteroatoms. The molecule has 1 saturated carbocycles. The Morgan fingerprint density at radius 3 is 2.60 bits per heavy atom. The molecule has 3 aromatic rings. The molecule has 0 bridgehead atoms. The number of benzene rings is 1. The van der Waals surface area contributed by atoms with Crippen LogP contribution in [0.25, 0.3) is 11.0 Å². The van der Waals surface area contributed by atoms with Gasteiger partial charge in [-0.2, -0.15) is 5.10 Å². The monoisotopic (exact) mass is 483 g/mol. The van der Waals surface area contributed by atoms with Gasteiger partial charge in [0.05, 0.1) is 36.1 Å². The normalized spacial score (nSPS) is 19.7. The number of nitrogens with zero attached hydrogens (tertiary/aromatic N) is 5. The Balaban J connectivity index is 1.54. The first-order valence-corrected chi connectivity index (χ1v) is 11.1.